The third kappa shape index (κ3) is 3.55. The van der Waals surface area contributed by atoms with E-state index in [1.54, 1.807) is 16.7 Å². The third-order valence-electron chi connectivity index (χ3n) is 4.33. The normalized spacial score (nSPS) is 18.1. The van der Waals surface area contributed by atoms with Crippen molar-refractivity contribution in [1.29, 1.82) is 0 Å². The van der Waals surface area contributed by atoms with Gasteiger partial charge in [0.05, 0.1) is 0 Å². The van der Waals surface area contributed by atoms with E-state index in [-0.39, 0.29) is 17.9 Å². The number of fused-ring (bicyclic) bond motifs is 1. The van der Waals surface area contributed by atoms with Gasteiger partial charge in [-0.2, -0.15) is 0 Å². The van der Waals surface area contributed by atoms with Crippen LogP contribution in [0.4, 0.5) is 5.69 Å². The van der Waals surface area contributed by atoms with Crippen molar-refractivity contribution < 1.29 is 19.1 Å². The Balaban J connectivity index is 1.57. The number of carbonyl (C=O) groups is 2. The van der Waals surface area contributed by atoms with E-state index in [1.165, 1.54) is 0 Å². The van der Waals surface area contributed by atoms with Gasteiger partial charge in [-0.25, -0.2) is 0 Å². The predicted molar refractivity (Wildman–Crippen MR) is 89.4 cm³/mol. The van der Waals surface area contributed by atoms with Gasteiger partial charge in [-0.1, -0.05) is 0 Å². The topological polar surface area (TPSA) is 71.1 Å². The van der Waals surface area contributed by atoms with Gasteiger partial charge in [-0.05, 0) is 19.1 Å². The lowest BCUT2D eigenvalue weighted by atomic mass is 10.2. The third-order valence-corrected chi connectivity index (χ3v) is 4.33. The number of carbonyl (C=O) groups excluding carboxylic acids is 2. The Bertz CT molecular complexity index is 626. The van der Waals surface area contributed by atoms with E-state index in [2.05, 4.69) is 5.32 Å². The van der Waals surface area contributed by atoms with Gasteiger partial charge in [0.1, 0.15) is 19.3 Å². The fourth-order valence-corrected chi connectivity index (χ4v) is 2.96. The summed E-state index contributed by atoms with van der Waals surface area (Å²) in [5.41, 5.74) is 0.822. The summed E-state index contributed by atoms with van der Waals surface area (Å²) < 4.78 is 11.1. The summed E-state index contributed by atoms with van der Waals surface area (Å²) in [6.45, 7) is 6.83. The molecule has 2 amide bonds. The van der Waals surface area contributed by atoms with Crippen LogP contribution >= 0.6 is 0 Å². The Morgan fingerprint density at radius 1 is 1.04 bits per heavy atom. The lowest BCUT2D eigenvalue weighted by Crippen LogP contribution is -2.53. The molecule has 1 aromatic rings. The maximum atomic E-state index is 12.6. The molecule has 0 bridgehead atoms. The fraction of sp³-hybridized carbons (Fsp3) is 0.529. The first-order valence-corrected chi connectivity index (χ1v) is 8.25. The van der Waals surface area contributed by atoms with E-state index in [4.69, 9.17) is 9.47 Å². The monoisotopic (exact) mass is 333 g/mol. The van der Waals surface area contributed by atoms with Crippen LogP contribution in [0.1, 0.15) is 13.8 Å². The summed E-state index contributed by atoms with van der Waals surface area (Å²) in [4.78, 5) is 27.5. The summed E-state index contributed by atoms with van der Waals surface area (Å²) in [5, 5.41) is 3.22. The van der Waals surface area contributed by atoms with Crippen molar-refractivity contribution in [1.82, 2.24) is 9.80 Å². The minimum absolute atomic E-state index is 0.0353. The number of hydrogen-bond donors (Lipinski definition) is 1. The van der Waals surface area contributed by atoms with Crippen LogP contribution in [0, 0.1) is 0 Å². The van der Waals surface area contributed by atoms with Crippen molar-refractivity contribution in [2.24, 2.45) is 0 Å². The van der Waals surface area contributed by atoms with Gasteiger partial charge in [0.2, 0.25) is 11.8 Å². The average molecular weight is 333 g/mol. The SMILES string of the molecule is CC(=O)N1CCN(C(=O)[C@H](C)Nc2ccc3c(c2)OCCO3)CC1. The number of nitrogens with zero attached hydrogens (tertiary/aromatic N) is 2. The predicted octanol–water partition coefficient (Wildman–Crippen LogP) is 0.949. The molecular formula is C17H23N3O4. The summed E-state index contributed by atoms with van der Waals surface area (Å²) >= 11 is 0. The highest BCUT2D eigenvalue weighted by molar-refractivity contribution is 5.85. The molecule has 1 N–H and O–H groups in total. The first-order valence-electron chi connectivity index (χ1n) is 8.25. The number of ether oxygens (including phenoxy) is 2. The molecule has 0 spiro atoms. The van der Waals surface area contributed by atoms with Gasteiger partial charge in [0.15, 0.2) is 11.5 Å². The molecule has 1 aromatic carbocycles. The molecule has 2 heterocycles. The molecule has 24 heavy (non-hydrogen) atoms. The smallest absolute Gasteiger partial charge is 0.244 e. The van der Waals surface area contributed by atoms with Gasteiger partial charge in [0.25, 0.3) is 0 Å². The highest BCUT2D eigenvalue weighted by Crippen LogP contribution is 2.32. The van der Waals surface area contributed by atoms with Crippen molar-refractivity contribution >= 4 is 17.5 Å². The van der Waals surface area contributed by atoms with Crippen LogP contribution < -0.4 is 14.8 Å². The molecule has 2 aliphatic heterocycles. The minimum Gasteiger partial charge on any atom is -0.486 e. The molecule has 130 valence electrons. The number of nitrogens with one attached hydrogen (secondary N) is 1. The maximum Gasteiger partial charge on any atom is 0.244 e. The number of piperazine rings is 1. The Kier molecular flexibility index (Phi) is 4.78. The second kappa shape index (κ2) is 6.98. The molecule has 1 atom stereocenters. The van der Waals surface area contributed by atoms with Crippen LogP contribution in [0.25, 0.3) is 0 Å². The van der Waals surface area contributed by atoms with E-state index < -0.39 is 0 Å². The van der Waals surface area contributed by atoms with Crippen molar-refractivity contribution in [3.63, 3.8) is 0 Å². The molecule has 7 nitrogen and oxygen atoms in total. The second-order valence-electron chi connectivity index (χ2n) is 6.06. The first kappa shape index (κ1) is 16.4. The van der Waals surface area contributed by atoms with Crippen molar-refractivity contribution in [2.75, 3.05) is 44.7 Å². The molecule has 0 unspecified atom stereocenters. The molecule has 2 aliphatic rings. The molecule has 3 rings (SSSR count). The lowest BCUT2D eigenvalue weighted by Gasteiger charge is -2.35. The largest absolute Gasteiger partial charge is 0.486 e. The van der Waals surface area contributed by atoms with Gasteiger partial charge in [-0.3, -0.25) is 9.59 Å². The quantitative estimate of drug-likeness (QED) is 0.892. The van der Waals surface area contributed by atoms with Gasteiger partial charge in [-0.15, -0.1) is 0 Å². The zero-order chi connectivity index (χ0) is 17.1. The van der Waals surface area contributed by atoms with Gasteiger partial charge >= 0.3 is 0 Å². The number of anilines is 1. The van der Waals surface area contributed by atoms with Crippen LogP contribution in [-0.2, 0) is 9.59 Å². The molecule has 0 aromatic heterocycles. The minimum atomic E-state index is -0.351. The lowest BCUT2D eigenvalue weighted by molar-refractivity contribution is -0.138. The Morgan fingerprint density at radius 2 is 1.67 bits per heavy atom. The summed E-state index contributed by atoms with van der Waals surface area (Å²) in [6, 6.07) is 5.23. The number of rotatable bonds is 3. The Hall–Kier alpha value is -2.44. The van der Waals surface area contributed by atoms with E-state index >= 15 is 0 Å². The molecule has 7 heteroatoms. The summed E-state index contributed by atoms with van der Waals surface area (Å²) in [7, 11) is 0. The highest BCUT2D eigenvalue weighted by atomic mass is 16.6. The zero-order valence-corrected chi connectivity index (χ0v) is 14.1. The Labute approximate surface area is 141 Å². The van der Waals surface area contributed by atoms with E-state index in [0.29, 0.717) is 45.1 Å². The number of amides is 2. The highest BCUT2D eigenvalue weighted by Gasteiger charge is 2.26. The number of hydrogen-bond acceptors (Lipinski definition) is 5. The standard InChI is InChI=1S/C17H23N3O4/c1-12(17(22)20-7-5-19(6-8-20)13(2)21)18-14-3-4-15-16(11-14)24-10-9-23-15/h3-4,11-12,18H,5-10H2,1-2H3/t12-/m0/s1. The maximum absolute atomic E-state index is 12.6. The van der Waals surface area contributed by atoms with Gasteiger partial charge in [0, 0.05) is 44.9 Å². The van der Waals surface area contributed by atoms with Crippen LogP contribution in [0.2, 0.25) is 0 Å². The van der Waals surface area contributed by atoms with E-state index in [9.17, 15) is 9.59 Å². The first-order chi connectivity index (χ1) is 11.5. The van der Waals surface area contributed by atoms with Crippen molar-refractivity contribution in [2.45, 2.75) is 19.9 Å². The molecule has 1 saturated heterocycles. The molecular weight excluding hydrogens is 310 g/mol. The molecule has 0 aliphatic carbocycles. The van der Waals surface area contributed by atoms with Crippen molar-refractivity contribution in [3.8, 4) is 11.5 Å². The van der Waals surface area contributed by atoms with Crippen LogP contribution in [0.3, 0.4) is 0 Å². The number of benzene rings is 1. The summed E-state index contributed by atoms with van der Waals surface area (Å²) in [5.74, 6) is 1.52. The van der Waals surface area contributed by atoms with Crippen LogP contribution in [0.5, 0.6) is 11.5 Å². The van der Waals surface area contributed by atoms with Crippen LogP contribution in [0.15, 0.2) is 18.2 Å². The molecule has 1 fully saturated rings. The molecule has 0 saturated carbocycles. The summed E-state index contributed by atoms with van der Waals surface area (Å²) in [6.07, 6.45) is 0. The molecule has 0 radical (unpaired) electrons. The second-order valence-corrected chi connectivity index (χ2v) is 6.06. The average Bonchev–Trinajstić information content (AvgIpc) is 2.61. The zero-order valence-electron chi connectivity index (χ0n) is 14.1. The fourth-order valence-electron chi connectivity index (χ4n) is 2.96. The Morgan fingerprint density at radius 3 is 2.33 bits per heavy atom. The van der Waals surface area contributed by atoms with Gasteiger partial charge < -0.3 is 24.6 Å². The van der Waals surface area contributed by atoms with E-state index in [0.717, 1.165) is 11.4 Å². The van der Waals surface area contributed by atoms with Crippen LogP contribution in [-0.4, -0.2) is 67.0 Å². The van der Waals surface area contributed by atoms with E-state index in [1.807, 2.05) is 25.1 Å². The van der Waals surface area contributed by atoms with Crippen molar-refractivity contribution in [3.05, 3.63) is 18.2 Å².